The number of benzene rings is 1. The Balaban J connectivity index is 1.97. The number of ether oxygens (including phenoxy) is 1. The van der Waals surface area contributed by atoms with Crippen molar-refractivity contribution in [3.05, 3.63) is 30.3 Å². The lowest BCUT2D eigenvalue weighted by atomic mass is 9.97. The molecule has 0 amide bonds. The first-order valence-corrected chi connectivity index (χ1v) is 11.5. The number of nitrogens with one attached hydrogen (secondary N) is 1. The molecule has 1 saturated heterocycles. The highest BCUT2D eigenvalue weighted by Gasteiger charge is 2.28. The molecular formula is C20H31N3O4S. The van der Waals surface area contributed by atoms with Gasteiger partial charge in [-0.15, -0.1) is 0 Å². The maximum Gasteiger partial charge on any atom is 0.309 e. The Morgan fingerprint density at radius 3 is 2.43 bits per heavy atom. The van der Waals surface area contributed by atoms with Crippen molar-refractivity contribution in [2.75, 3.05) is 32.5 Å². The zero-order chi connectivity index (χ0) is 20.6. The van der Waals surface area contributed by atoms with Gasteiger partial charge in [0.05, 0.1) is 23.2 Å². The number of guanidine groups is 1. The van der Waals surface area contributed by atoms with Crippen molar-refractivity contribution >= 4 is 21.8 Å². The van der Waals surface area contributed by atoms with Crippen LogP contribution in [0.3, 0.4) is 0 Å². The normalized spacial score (nSPS) is 17.2. The Bertz CT molecular complexity index is 757. The molecule has 1 aliphatic rings. The molecule has 1 heterocycles. The van der Waals surface area contributed by atoms with Crippen molar-refractivity contribution < 1.29 is 17.9 Å². The summed E-state index contributed by atoms with van der Waals surface area (Å²) in [6.45, 7) is 5.54. The summed E-state index contributed by atoms with van der Waals surface area (Å²) in [5.41, 5.74) is 0. The van der Waals surface area contributed by atoms with E-state index in [4.69, 9.17) is 4.74 Å². The molecule has 28 heavy (non-hydrogen) atoms. The Hall–Kier alpha value is -2.09. The van der Waals surface area contributed by atoms with Gasteiger partial charge in [-0.25, -0.2) is 8.42 Å². The van der Waals surface area contributed by atoms with Gasteiger partial charge in [-0.3, -0.25) is 9.79 Å². The van der Waals surface area contributed by atoms with Crippen molar-refractivity contribution in [1.29, 1.82) is 0 Å². The van der Waals surface area contributed by atoms with Crippen LogP contribution in [0.25, 0.3) is 0 Å². The summed E-state index contributed by atoms with van der Waals surface area (Å²) in [4.78, 5) is 18.6. The van der Waals surface area contributed by atoms with E-state index in [2.05, 4.69) is 15.2 Å². The van der Waals surface area contributed by atoms with E-state index in [0.717, 1.165) is 0 Å². The van der Waals surface area contributed by atoms with E-state index in [1.165, 1.54) is 0 Å². The summed E-state index contributed by atoms with van der Waals surface area (Å²) >= 11 is 0. The van der Waals surface area contributed by atoms with Crippen LogP contribution >= 0.6 is 0 Å². The molecule has 1 aliphatic heterocycles. The molecule has 7 nitrogen and oxygen atoms in total. The van der Waals surface area contributed by atoms with Gasteiger partial charge in [-0.05, 0) is 38.3 Å². The average molecular weight is 410 g/mol. The van der Waals surface area contributed by atoms with Crippen LogP contribution in [-0.2, 0) is 19.4 Å². The Morgan fingerprint density at radius 1 is 1.25 bits per heavy atom. The third-order valence-corrected chi connectivity index (χ3v) is 6.81. The number of aliphatic imine (C=N–C) groups is 1. The lowest BCUT2D eigenvalue weighted by Gasteiger charge is -2.34. The largest absolute Gasteiger partial charge is 0.466 e. The fourth-order valence-electron chi connectivity index (χ4n) is 3.32. The van der Waals surface area contributed by atoms with Crippen LogP contribution in [0.2, 0.25) is 0 Å². The molecule has 1 fully saturated rings. The highest BCUT2D eigenvalue weighted by atomic mass is 32.2. The first kappa shape index (κ1) is 22.2. The van der Waals surface area contributed by atoms with Crippen molar-refractivity contribution in [1.82, 2.24) is 10.2 Å². The molecule has 156 valence electrons. The number of hydrogen-bond donors (Lipinski definition) is 1. The summed E-state index contributed by atoms with van der Waals surface area (Å²) in [6.07, 6.45) is 2.07. The van der Waals surface area contributed by atoms with Gasteiger partial charge in [0.15, 0.2) is 15.8 Å². The number of likely N-dealkylation sites (tertiary alicyclic amines) is 1. The number of carbonyl (C=O) groups is 1. The van der Waals surface area contributed by atoms with Gasteiger partial charge in [0.2, 0.25) is 0 Å². The highest BCUT2D eigenvalue weighted by Crippen LogP contribution is 2.19. The number of piperidine rings is 1. The molecule has 0 aromatic heterocycles. The molecule has 1 unspecified atom stereocenters. The van der Waals surface area contributed by atoms with E-state index in [-0.39, 0.29) is 23.7 Å². The zero-order valence-electron chi connectivity index (χ0n) is 16.9. The second kappa shape index (κ2) is 10.5. The van der Waals surface area contributed by atoms with Gasteiger partial charge in [0, 0.05) is 26.2 Å². The molecule has 0 radical (unpaired) electrons. The van der Waals surface area contributed by atoms with Gasteiger partial charge in [-0.1, -0.05) is 25.1 Å². The SMILES string of the molecule is CCOC(=O)C1CCN(C(=NC)NC(CC)CS(=O)(=O)c2ccccc2)CC1. The minimum absolute atomic E-state index is 0.00578. The van der Waals surface area contributed by atoms with E-state index < -0.39 is 9.84 Å². The van der Waals surface area contributed by atoms with Gasteiger partial charge in [-0.2, -0.15) is 0 Å². The molecule has 0 aliphatic carbocycles. The fraction of sp³-hybridized carbons (Fsp3) is 0.600. The number of hydrogen-bond acceptors (Lipinski definition) is 5. The number of esters is 1. The molecule has 0 saturated carbocycles. The Labute approximate surface area is 168 Å². The molecule has 0 spiro atoms. The average Bonchev–Trinajstić information content (AvgIpc) is 2.72. The molecular weight excluding hydrogens is 378 g/mol. The number of rotatable bonds is 7. The highest BCUT2D eigenvalue weighted by molar-refractivity contribution is 7.91. The van der Waals surface area contributed by atoms with Crippen molar-refractivity contribution in [3.8, 4) is 0 Å². The minimum atomic E-state index is -3.38. The molecule has 1 atom stereocenters. The lowest BCUT2D eigenvalue weighted by Crippen LogP contribution is -2.51. The van der Waals surface area contributed by atoms with Crippen LogP contribution in [0, 0.1) is 5.92 Å². The third-order valence-electron chi connectivity index (χ3n) is 4.98. The first-order valence-electron chi connectivity index (χ1n) is 9.84. The predicted octanol–water partition coefficient (Wildman–Crippen LogP) is 2.09. The summed E-state index contributed by atoms with van der Waals surface area (Å²) < 4.78 is 30.5. The summed E-state index contributed by atoms with van der Waals surface area (Å²) in [7, 11) is -1.69. The molecule has 1 N–H and O–H groups in total. The number of sulfone groups is 1. The van der Waals surface area contributed by atoms with Crippen molar-refractivity contribution in [3.63, 3.8) is 0 Å². The monoisotopic (exact) mass is 409 g/mol. The van der Waals surface area contributed by atoms with E-state index in [0.29, 0.717) is 49.8 Å². The lowest BCUT2D eigenvalue weighted by molar-refractivity contribution is -0.149. The van der Waals surface area contributed by atoms with Gasteiger partial charge in [0.1, 0.15) is 0 Å². The first-order chi connectivity index (χ1) is 13.4. The molecule has 8 heteroatoms. The molecule has 0 bridgehead atoms. The quantitative estimate of drug-likeness (QED) is 0.421. The van der Waals surface area contributed by atoms with Crippen LogP contribution in [0.1, 0.15) is 33.1 Å². The number of carbonyl (C=O) groups excluding carboxylic acids is 1. The van der Waals surface area contributed by atoms with Gasteiger partial charge in [0.25, 0.3) is 0 Å². The molecule has 1 aromatic rings. The van der Waals surface area contributed by atoms with E-state index in [1.54, 1.807) is 37.4 Å². The van der Waals surface area contributed by atoms with Crippen LogP contribution < -0.4 is 5.32 Å². The summed E-state index contributed by atoms with van der Waals surface area (Å²) in [5.74, 6) is 0.476. The van der Waals surface area contributed by atoms with Gasteiger partial charge < -0.3 is 15.0 Å². The van der Waals surface area contributed by atoms with E-state index >= 15 is 0 Å². The maximum atomic E-state index is 12.7. The Kier molecular flexibility index (Phi) is 8.29. The van der Waals surface area contributed by atoms with Crippen LogP contribution in [-0.4, -0.2) is 63.8 Å². The fourth-order valence-corrected chi connectivity index (χ4v) is 4.93. The zero-order valence-corrected chi connectivity index (χ0v) is 17.7. The third kappa shape index (κ3) is 5.95. The molecule has 1 aromatic carbocycles. The Morgan fingerprint density at radius 2 is 1.89 bits per heavy atom. The minimum Gasteiger partial charge on any atom is -0.466 e. The van der Waals surface area contributed by atoms with Crippen LogP contribution in [0.5, 0.6) is 0 Å². The smallest absolute Gasteiger partial charge is 0.309 e. The van der Waals surface area contributed by atoms with Crippen LogP contribution in [0.4, 0.5) is 0 Å². The summed E-state index contributed by atoms with van der Waals surface area (Å²) in [6, 6.07) is 8.26. The topological polar surface area (TPSA) is 88.1 Å². The second-order valence-electron chi connectivity index (χ2n) is 6.90. The van der Waals surface area contributed by atoms with Crippen molar-refractivity contribution in [2.45, 2.75) is 44.0 Å². The van der Waals surface area contributed by atoms with Gasteiger partial charge >= 0.3 is 5.97 Å². The molecule has 2 rings (SSSR count). The standard InChI is InChI=1S/C20H31N3O4S/c1-4-17(15-28(25,26)18-9-7-6-8-10-18)22-20(21-3)23-13-11-16(12-14-23)19(24)27-5-2/h6-10,16-17H,4-5,11-15H2,1-3H3,(H,21,22). The van der Waals surface area contributed by atoms with Crippen molar-refractivity contribution in [2.24, 2.45) is 10.9 Å². The number of nitrogens with zero attached hydrogens (tertiary/aromatic N) is 2. The van der Waals surface area contributed by atoms with Crippen LogP contribution in [0.15, 0.2) is 40.2 Å². The second-order valence-corrected chi connectivity index (χ2v) is 8.94. The van der Waals surface area contributed by atoms with E-state index in [9.17, 15) is 13.2 Å². The predicted molar refractivity (Wildman–Crippen MR) is 110 cm³/mol. The maximum absolute atomic E-state index is 12.7. The summed E-state index contributed by atoms with van der Waals surface area (Å²) in [5, 5.41) is 3.30. The van der Waals surface area contributed by atoms with E-state index in [1.807, 2.05) is 13.8 Å².